The van der Waals surface area contributed by atoms with Gasteiger partial charge >= 0.3 is 0 Å². The van der Waals surface area contributed by atoms with E-state index in [1.807, 2.05) is 90.4 Å². The zero-order chi connectivity index (χ0) is 28.6. The van der Waals surface area contributed by atoms with Crippen LogP contribution in [-0.4, -0.2) is 40.9 Å². The Kier molecular flexibility index (Phi) is 6.50. The molecule has 0 atom stereocenters. The number of imidazole rings is 1. The first kappa shape index (κ1) is 25.9. The van der Waals surface area contributed by atoms with Crippen LogP contribution in [0.3, 0.4) is 0 Å². The van der Waals surface area contributed by atoms with Crippen LogP contribution in [0.25, 0.3) is 28.3 Å². The third-order valence-corrected chi connectivity index (χ3v) is 7.00. The van der Waals surface area contributed by atoms with Gasteiger partial charge in [0, 0.05) is 46.7 Å². The molecule has 3 heterocycles. The predicted octanol–water partition coefficient (Wildman–Crippen LogP) is 6.18. The van der Waals surface area contributed by atoms with E-state index in [2.05, 4.69) is 57.0 Å². The zero-order valence-electron chi connectivity index (χ0n) is 23.2. The van der Waals surface area contributed by atoms with E-state index in [-0.39, 0.29) is 11.3 Å². The van der Waals surface area contributed by atoms with Gasteiger partial charge in [0.2, 0.25) is 5.82 Å². The van der Waals surface area contributed by atoms with Gasteiger partial charge in [-0.25, -0.2) is 9.97 Å². The lowest BCUT2D eigenvalue weighted by molar-refractivity contribution is 0.102. The van der Waals surface area contributed by atoms with E-state index in [4.69, 9.17) is 4.98 Å². The second-order valence-corrected chi connectivity index (χ2v) is 10.8. The Hall–Kier alpha value is -5.38. The van der Waals surface area contributed by atoms with Crippen molar-refractivity contribution in [1.29, 1.82) is 0 Å². The number of hydrogen-bond donors (Lipinski definition) is 3. The number of fused-ring (bicyclic) bond motifs is 1. The number of amides is 1. The first-order valence-electron chi connectivity index (χ1n) is 13.2. The van der Waals surface area contributed by atoms with E-state index in [0.29, 0.717) is 22.9 Å². The maximum Gasteiger partial charge on any atom is 0.255 e. The number of hydrogen-bond acceptors (Lipinski definition) is 7. The van der Waals surface area contributed by atoms with Crippen molar-refractivity contribution < 1.29 is 4.79 Å². The quantitative estimate of drug-likeness (QED) is 0.229. The van der Waals surface area contributed by atoms with Crippen molar-refractivity contribution >= 4 is 28.7 Å². The second kappa shape index (κ2) is 10.3. The predicted molar refractivity (Wildman–Crippen MR) is 159 cm³/mol. The highest BCUT2D eigenvalue weighted by atomic mass is 16.1. The van der Waals surface area contributed by atoms with E-state index in [0.717, 1.165) is 33.8 Å². The molecule has 6 rings (SSSR count). The molecule has 3 N–H and O–H groups in total. The molecule has 0 fully saturated rings. The van der Waals surface area contributed by atoms with Crippen LogP contribution in [0.4, 0.5) is 17.2 Å². The minimum absolute atomic E-state index is 0.0235. The Labute approximate surface area is 236 Å². The van der Waals surface area contributed by atoms with Gasteiger partial charge in [-0.1, -0.05) is 45.0 Å². The lowest BCUT2D eigenvalue weighted by Gasteiger charge is -2.19. The van der Waals surface area contributed by atoms with E-state index < -0.39 is 0 Å². The summed E-state index contributed by atoms with van der Waals surface area (Å²) in [6.45, 7) is 8.44. The molecule has 41 heavy (non-hydrogen) atoms. The molecule has 204 valence electrons. The number of carbonyl (C=O) groups excluding carboxylic acids is 1. The molecular weight excluding hydrogens is 514 g/mol. The zero-order valence-corrected chi connectivity index (χ0v) is 23.2. The van der Waals surface area contributed by atoms with Gasteiger partial charge in [0.15, 0.2) is 11.5 Å². The normalized spacial score (nSPS) is 11.5. The van der Waals surface area contributed by atoms with Gasteiger partial charge in [0.1, 0.15) is 0 Å². The Morgan fingerprint density at radius 1 is 0.976 bits per heavy atom. The number of anilines is 3. The summed E-state index contributed by atoms with van der Waals surface area (Å²) >= 11 is 0. The molecule has 0 aliphatic carbocycles. The molecule has 0 unspecified atom stereocenters. The number of nitrogens with one attached hydrogen (secondary N) is 3. The minimum Gasteiger partial charge on any atom is -0.337 e. The minimum atomic E-state index is -0.157. The summed E-state index contributed by atoms with van der Waals surface area (Å²) in [7, 11) is 0. The van der Waals surface area contributed by atoms with E-state index in [9.17, 15) is 4.79 Å². The summed E-state index contributed by atoms with van der Waals surface area (Å²) in [6.07, 6.45) is 5.55. The van der Waals surface area contributed by atoms with Crippen molar-refractivity contribution in [3.05, 3.63) is 102 Å². The van der Waals surface area contributed by atoms with Crippen molar-refractivity contribution in [3.8, 4) is 22.6 Å². The molecule has 0 saturated heterocycles. The monoisotopic (exact) mass is 543 g/mol. The Morgan fingerprint density at radius 2 is 1.76 bits per heavy atom. The number of rotatable bonds is 6. The lowest BCUT2D eigenvalue weighted by Crippen LogP contribution is -2.15. The van der Waals surface area contributed by atoms with Crippen molar-refractivity contribution in [2.45, 2.75) is 33.1 Å². The summed E-state index contributed by atoms with van der Waals surface area (Å²) in [5.41, 5.74) is 7.46. The second-order valence-electron chi connectivity index (χ2n) is 10.8. The smallest absolute Gasteiger partial charge is 0.255 e. The first-order chi connectivity index (χ1) is 19.8. The van der Waals surface area contributed by atoms with Gasteiger partial charge in [0.05, 0.1) is 5.69 Å². The molecule has 0 aliphatic rings. The van der Waals surface area contributed by atoms with Crippen LogP contribution in [-0.2, 0) is 5.41 Å². The molecule has 1 amide bonds. The van der Waals surface area contributed by atoms with Crippen LogP contribution in [0.2, 0.25) is 0 Å². The Balaban J connectivity index is 1.28. The van der Waals surface area contributed by atoms with Gasteiger partial charge < -0.3 is 15.0 Å². The number of nitrogens with zero attached hydrogens (tertiary/aromatic N) is 6. The van der Waals surface area contributed by atoms with E-state index >= 15 is 0 Å². The van der Waals surface area contributed by atoms with Crippen LogP contribution < -0.4 is 10.6 Å². The van der Waals surface area contributed by atoms with Crippen LogP contribution in [0.1, 0.15) is 42.3 Å². The number of aromatic amines is 1. The highest BCUT2D eigenvalue weighted by Gasteiger charge is 2.17. The Morgan fingerprint density at radius 3 is 2.46 bits per heavy atom. The molecule has 10 nitrogen and oxygen atoms in total. The lowest BCUT2D eigenvalue weighted by atomic mass is 9.86. The molecule has 10 heteroatoms. The van der Waals surface area contributed by atoms with Gasteiger partial charge in [-0.15, -0.1) is 10.2 Å². The van der Waals surface area contributed by atoms with E-state index in [1.165, 1.54) is 5.56 Å². The van der Waals surface area contributed by atoms with Crippen molar-refractivity contribution in [2.24, 2.45) is 0 Å². The number of H-pyrrole nitrogens is 1. The summed E-state index contributed by atoms with van der Waals surface area (Å²) < 4.78 is 1.93. The van der Waals surface area contributed by atoms with Crippen molar-refractivity contribution in [1.82, 2.24) is 35.0 Å². The van der Waals surface area contributed by atoms with Gasteiger partial charge in [-0.3, -0.25) is 4.79 Å². The molecule has 0 radical (unpaired) electrons. The average molecular weight is 544 g/mol. The summed E-state index contributed by atoms with van der Waals surface area (Å²) in [5, 5.41) is 20.6. The fourth-order valence-corrected chi connectivity index (χ4v) is 4.63. The van der Waals surface area contributed by atoms with Crippen LogP contribution in [0, 0.1) is 6.92 Å². The molecule has 0 saturated carbocycles. The SMILES string of the molecule is Cc1c(NC(=O)c2ccc(C(C)(C)C)cc2)cccc1-c1cn2ccnc2c(Nc2ccc(-c3nn[nH]n3)cc2)n1. The third-order valence-electron chi connectivity index (χ3n) is 7.00. The van der Waals surface area contributed by atoms with Crippen LogP contribution in [0.15, 0.2) is 85.3 Å². The van der Waals surface area contributed by atoms with Crippen molar-refractivity contribution in [3.63, 3.8) is 0 Å². The molecule has 6 aromatic rings. The van der Waals surface area contributed by atoms with Gasteiger partial charge in [-0.05, 0) is 71.1 Å². The highest BCUT2D eigenvalue weighted by molar-refractivity contribution is 6.05. The summed E-state index contributed by atoms with van der Waals surface area (Å²) in [5.74, 6) is 0.972. The number of tetrazole rings is 1. The Bertz CT molecular complexity index is 1830. The molecular formula is C31H29N9O. The van der Waals surface area contributed by atoms with Crippen molar-refractivity contribution in [2.75, 3.05) is 10.6 Å². The number of carbonyl (C=O) groups is 1. The standard InChI is InChI=1S/C31H29N9O/c1-19-24(6-5-7-25(19)35-30(41)21-8-12-22(13-9-21)31(2,3)4)26-18-40-17-16-32-29(40)28(34-26)33-23-14-10-20(11-15-23)27-36-38-39-37-27/h5-18H,1-4H3,(H,33,34)(H,35,41)(H,36,37,38,39). The van der Waals surface area contributed by atoms with Gasteiger partial charge in [0.25, 0.3) is 5.91 Å². The first-order valence-corrected chi connectivity index (χ1v) is 13.2. The molecule has 0 aliphatic heterocycles. The third kappa shape index (κ3) is 5.27. The van der Waals surface area contributed by atoms with Crippen LogP contribution >= 0.6 is 0 Å². The average Bonchev–Trinajstić information content (AvgIpc) is 3.67. The fraction of sp³-hybridized carbons (Fsp3) is 0.161. The maximum atomic E-state index is 13.1. The maximum absolute atomic E-state index is 13.1. The molecule has 0 spiro atoms. The topological polar surface area (TPSA) is 126 Å². The number of aromatic nitrogens is 7. The summed E-state index contributed by atoms with van der Waals surface area (Å²) in [4.78, 5) is 22.5. The fourth-order valence-electron chi connectivity index (χ4n) is 4.63. The van der Waals surface area contributed by atoms with Gasteiger partial charge in [-0.2, -0.15) is 5.21 Å². The highest BCUT2D eigenvalue weighted by Crippen LogP contribution is 2.31. The summed E-state index contributed by atoms with van der Waals surface area (Å²) in [6, 6.07) is 21.3. The van der Waals surface area contributed by atoms with E-state index in [1.54, 1.807) is 6.20 Å². The van der Waals surface area contributed by atoms with Crippen LogP contribution in [0.5, 0.6) is 0 Å². The molecule has 3 aromatic heterocycles. The molecule has 3 aromatic carbocycles. The number of benzene rings is 3. The molecule has 0 bridgehead atoms. The largest absolute Gasteiger partial charge is 0.337 e.